The number of nitrogens with two attached hydrogens (primary N) is 1. The summed E-state index contributed by atoms with van der Waals surface area (Å²) in [7, 11) is 0. The van der Waals surface area contributed by atoms with E-state index in [0.717, 1.165) is 5.56 Å². The van der Waals surface area contributed by atoms with Crippen molar-refractivity contribution in [3.8, 4) is 11.3 Å². The highest BCUT2D eigenvalue weighted by atomic mass is 79.9. The van der Waals surface area contributed by atoms with E-state index in [9.17, 15) is 0 Å². The Hall–Kier alpha value is -1.36. The molecule has 2 aromatic rings. The van der Waals surface area contributed by atoms with E-state index in [1.54, 1.807) is 12.4 Å². The van der Waals surface area contributed by atoms with Gasteiger partial charge in [-0.3, -0.25) is 0 Å². The topological polar surface area (TPSA) is 64.9 Å². The second-order valence-electron chi connectivity index (χ2n) is 2.40. The van der Waals surface area contributed by atoms with E-state index in [2.05, 4.69) is 25.9 Å². The Kier molecular flexibility index (Phi) is 2.02. The molecule has 4 nitrogen and oxygen atoms in total. The van der Waals surface area contributed by atoms with Gasteiger partial charge in [0.1, 0.15) is 4.60 Å². The average molecular weight is 240 g/mol. The molecule has 0 aliphatic rings. The zero-order valence-electron chi connectivity index (χ0n) is 6.57. The molecule has 0 aliphatic heterocycles. The smallest absolute Gasteiger partial charge is 0.292 e. The van der Waals surface area contributed by atoms with E-state index in [-0.39, 0.29) is 6.01 Å². The molecule has 0 fully saturated rings. The van der Waals surface area contributed by atoms with Crippen LogP contribution in [0.1, 0.15) is 0 Å². The van der Waals surface area contributed by atoms with Gasteiger partial charge in [-0.25, -0.2) is 9.97 Å². The number of nitrogens with zero attached hydrogens (tertiary/aromatic N) is 2. The van der Waals surface area contributed by atoms with Crippen LogP contribution in [-0.2, 0) is 0 Å². The van der Waals surface area contributed by atoms with Crippen LogP contribution < -0.4 is 5.73 Å². The van der Waals surface area contributed by atoms with Crippen molar-refractivity contribution in [2.75, 3.05) is 5.73 Å². The summed E-state index contributed by atoms with van der Waals surface area (Å²) in [5.74, 6) is 0.609. The first-order valence-corrected chi connectivity index (χ1v) is 4.39. The summed E-state index contributed by atoms with van der Waals surface area (Å²) < 4.78 is 5.86. The molecule has 5 heteroatoms. The first-order valence-electron chi connectivity index (χ1n) is 3.59. The van der Waals surface area contributed by atoms with Crippen LogP contribution in [0, 0.1) is 0 Å². The average Bonchev–Trinajstić information content (AvgIpc) is 2.53. The fourth-order valence-corrected chi connectivity index (χ4v) is 1.43. The maximum absolute atomic E-state index is 5.35. The van der Waals surface area contributed by atoms with E-state index >= 15 is 0 Å². The number of rotatable bonds is 1. The van der Waals surface area contributed by atoms with Gasteiger partial charge in [0.2, 0.25) is 0 Å². The predicted molar refractivity (Wildman–Crippen MR) is 51.8 cm³/mol. The summed E-state index contributed by atoms with van der Waals surface area (Å²) in [5, 5.41) is 0. The fraction of sp³-hybridized carbons (Fsp3) is 0. The Morgan fingerprint density at radius 2 is 2.23 bits per heavy atom. The van der Waals surface area contributed by atoms with Gasteiger partial charge in [-0.05, 0) is 28.1 Å². The molecule has 0 radical (unpaired) electrons. The lowest BCUT2D eigenvalue weighted by Gasteiger charge is -1.96. The molecule has 13 heavy (non-hydrogen) atoms. The van der Waals surface area contributed by atoms with E-state index < -0.39 is 0 Å². The van der Waals surface area contributed by atoms with Gasteiger partial charge in [0.25, 0.3) is 6.01 Å². The molecule has 0 aliphatic carbocycles. The molecular weight excluding hydrogens is 234 g/mol. The molecule has 2 N–H and O–H groups in total. The quantitative estimate of drug-likeness (QED) is 0.775. The minimum atomic E-state index is 0.158. The van der Waals surface area contributed by atoms with Crippen molar-refractivity contribution >= 4 is 21.9 Å². The highest BCUT2D eigenvalue weighted by molar-refractivity contribution is 9.10. The van der Waals surface area contributed by atoms with Crippen LogP contribution in [0.2, 0.25) is 0 Å². The maximum Gasteiger partial charge on any atom is 0.292 e. The van der Waals surface area contributed by atoms with E-state index in [0.29, 0.717) is 10.4 Å². The van der Waals surface area contributed by atoms with Gasteiger partial charge in [-0.2, -0.15) is 0 Å². The van der Waals surface area contributed by atoms with Crippen LogP contribution in [0.4, 0.5) is 6.01 Å². The van der Waals surface area contributed by atoms with E-state index in [1.807, 2.05) is 12.1 Å². The molecular formula is C8H6BrN3O. The van der Waals surface area contributed by atoms with Crippen LogP contribution in [0.5, 0.6) is 0 Å². The Morgan fingerprint density at radius 1 is 1.38 bits per heavy atom. The van der Waals surface area contributed by atoms with Crippen molar-refractivity contribution in [3.05, 3.63) is 29.1 Å². The number of anilines is 1. The van der Waals surface area contributed by atoms with Crippen molar-refractivity contribution in [3.63, 3.8) is 0 Å². The molecule has 0 saturated heterocycles. The van der Waals surface area contributed by atoms with Crippen molar-refractivity contribution in [2.24, 2.45) is 0 Å². The minimum absolute atomic E-state index is 0.158. The highest BCUT2D eigenvalue weighted by Crippen LogP contribution is 2.26. The molecule has 0 aromatic carbocycles. The van der Waals surface area contributed by atoms with E-state index in [4.69, 9.17) is 10.2 Å². The Bertz CT molecular complexity index is 427. The molecule has 0 atom stereocenters. The first kappa shape index (κ1) is 8.25. The summed E-state index contributed by atoms with van der Waals surface area (Å²) in [6, 6.07) is 3.85. The lowest BCUT2D eigenvalue weighted by molar-refractivity contribution is 0.594. The molecule has 2 rings (SSSR count). The van der Waals surface area contributed by atoms with Crippen molar-refractivity contribution < 1.29 is 4.42 Å². The third-order valence-electron chi connectivity index (χ3n) is 1.55. The van der Waals surface area contributed by atoms with Crippen molar-refractivity contribution in [2.45, 2.75) is 0 Å². The van der Waals surface area contributed by atoms with Gasteiger partial charge in [0.15, 0.2) is 5.76 Å². The number of halogens is 1. The molecule has 66 valence electrons. The standard InChI is InChI=1S/C8H6BrN3O/c9-7-5(2-1-3-11-7)6-4-12-8(10)13-6/h1-4H,(H2,10,12). The second-order valence-corrected chi connectivity index (χ2v) is 3.16. The molecule has 0 amide bonds. The number of oxazole rings is 1. The zero-order chi connectivity index (χ0) is 9.26. The summed E-state index contributed by atoms with van der Waals surface area (Å²) in [6.07, 6.45) is 3.25. The van der Waals surface area contributed by atoms with Gasteiger partial charge >= 0.3 is 0 Å². The Labute approximate surface area is 82.9 Å². The van der Waals surface area contributed by atoms with Crippen molar-refractivity contribution in [1.29, 1.82) is 0 Å². The first-order chi connectivity index (χ1) is 6.27. The number of hydrogen-bond acceptors (Lipinski definition) is 4. The summed E-state index contributed by atoms with van der Waals surface area (Å²) >= 11 is 3.30. The largest absolute Gasteiger partial charge is 0.424 e. The van der Waals surface area contributed by atoms with Gasteiger partial charge in [0, 0.05) is 6.20 Å². The summed E-state index contributed by atoms with van der Waals surface area (Å²) in [6.45, 7) is 0. The number of hydrogen-bond donors (Lipinski definition) is 1. The van der Waals surface area contributed by atoms with Gasteiger partial charge in [-0.15, -0.1) is 0 Å². The van der Waals surface area contributed by atoms with Crippen LogP contribution in [-0.4, -0.2) is 9.97 Å². The number of aromatic nitrogens is 2. The molecule has 2 heterocycles. The van der Waals surface area contributed by atoms with Crippen LogP contribution in [0.15, 0.2) is 33.5 Å². The molecule has 0 spiro atoms. The minimum Gasteiger partial charge on any atom is -0.424 e. The fourth-order valence-electron chi connectivity index (χ4n) is 0.982. The van der Waals surface area contributed by atoms with E-state index in [1.165, 1.54) is 0 Å². The third kappa shape index (κ3) is 1.55. The van der Waals surface area contributed by atoms with Crippen molar-refractivity contribution in [1.82, 2.24) is 9.97 Å². The molecule has 0 unspecified atom stereocenters. The summed E-state index contributed by atoms with van der Waals surface area (Å²) in [5.41, 5.74) is 6.19. The Balaban J connectivity index is 2.52. The van der Waals surface area contributed by atoms with Crippen LogP contribution in [0.25, 0.3) is 11.3 Å². The molecule has 2 aromatic heterocycles. The lowest BCUT2D eigenvalue weighted by Crippen LogP contribution is -1.81. The monoisotopic (exact) mass is 239 g/mol. The second kappa shape index (κ2) is 3.18. The molecule has 0 saturated carbocycles. The van der Waals surface area contributed by atoms with Gasteiger partial charge in [0.05, 0.1) is 11.8 Å². The maximum atomic E-state index is 5.35. The van der Waals surface area contributed by atoms with Crippen LogP contribution >= 0.6 is 15.9 Å². The normalized spacial score (nSPS) is 10.2. The number of pyridine rings is 1. The molecule has 0 bridgehead atoms. The third-order valence-corrected chi connectivity index (χ3v) is 2.18. The highest BCUT2D eigenvalue weighted by Gasteiger charge is 2.07. The SMILES string of the molecule is Nc1ncc(-c2cccnc2Br)o1. The summed E-state index contributed by atoms with van der Waals surface area (Å²) in [4.78, 5) is 7.85. The number of nitrogen functional groups attached to an aromatic ring is 1. The van der Waals surface area contributed by atoms with Gasteiger partial charge in [-0.1, -0.05) is 0 Å². The Morgan fingerprint density at radius 3 is 2.85 bits per heavy atom. The predicted octanol–water partition coefficient (Wildman–Crippen LogP) is 2.08. The van der Waals surface area contributed by atoms with Gasteiger partial charge < -0.3 is 10.2 Å². The van der Waals surface area contributed by atoms with Crippen LogP contribution in [0.3, 0.4) is 0 Å². The zero-order valence-corrected chi connectivity index (χ0v) is 8.15. The lowest BCUT2D eigenvalue weighted by atomic mass is 10.2.